The Hall–Kier alpha value is -1.42. The molecule has 1 N–H and O–H groups in total. The van der Waals surface area contributed by atoms with Gasteiger partial charge in [0.15, 0.2) is 0 Å². The van der Waals surface area contributed by atoms with Crippen LogP contribution in [0.2, 0.25) is 5.02 Å². The molecule has 0 radical (unpaired) electrons. The van der Waals surface area contributed by atoms with E-state index in [4.69, 9.17) is 21.4 Å². The van der Waals surface area contributed by atoms with Crippen molar-refractivity contribution in [2.45, 2.75) is 12.8 Å². The van der Waals surface area contributed by atoms with Crippen molar-refractivity contribution in [3.8, 4) is 5.75 Å². The van der Waals surface area contributed by atoms with Gasteiger partial charge in [-0.25, -0.2) is 0 Å². The van der Waals surface area contributed by atoms with Crippen molar-refractivity contribution in [3.63, 3.8) is 0 Å². The lowest BCUT2D eigenvalue weighted by Crippen LogP contribution is -2.38. The first kappa shape index (κ1) is 13.0. The average Bonchev–Trinajstić information content (AvgIpc) is 2.38. The Morgan fingerprint density at radius 1 is 1.56 bits per heavy atom. The van der Waals surface area contributed by atoms with Crippen molar-refractivity contribution >= 4 is 23.3 Å². The van der Waals surface area contributed by atoms with Crippen LogP contribution in [0.25, 0.3) is 0 Å². The Kier molecular flexibility index (Phi) is 3.97. The van der Waals surface area contributed by atoms with Crippen LogP contribution in [0.15, 0.2) is 18.2 Å². The van der Waals surface area contributed by atoms with Crippen LogP contribution in [0.1, 0.15) is 12.8 Å². The molecule has 1 unspecified atom stereocenters. The van der Waals surface area contributed by atoms with E-state index in [0.29, 0.717) is 17.3 Å². The number of carbonyl (C=O) groups is 1. The van der Waals surface area contributed by atoms with Crippen molar-refractivity contribution in [3.05, 3.63) is 23.2 Å². The molecule has 0 aliphatic carbocycles. The molecule has 1 aliphatic heterocycles. The van der Waals surface area contributed by atoms with Crippen molar-refractivity contribution in [1.29, 1.82) is 0 Å². The topological polar surface area (TPSA) is 49.8 Å². The van der Waals surface area contributed by atoms with Crippen LogP contribution in [0, 0.1) is 5.92 Å². The lowest BCUT2D eigenvalue weighted by molar-refractivity contribution is -0.141. The zero-order chi connectivity index (χ0) is 13.1. The maximum atomic E-state index is 11.0. The smallest absolute Gasteiger partial charge is 0.308 e. The van der Waals surface area contributed by atoms with Gasteiger partial charge in [0, 0.05) is 18.8 Å². The molecule has 0 spiro atoms. The summed E-state index contributed by atoms with van der Waals surface area (Å²) >= 11 is 6.08. The summed E-state index contributed by atoms with van der Waals surface area (Å²) in [5.41, 5.74) is 0.951. The summed E-state index contributed by atoms with van der Waals surface area (Å²) in [7, 11) is 1.57. The number of anilines is 1. The van der Waals surface area contributed by atoms with Crippen molar-refractivity contribution in [2.75, 3.05) is 25.1 Å². The zero-order valence-corrected chi connectivity index (χ0v) is 11.0. The average molecular weight is 270 g/mol. The number of carboxylic acid groups (broad SMARTS) is 1. The van der Waals surface area contributed by atoms with Crippen LogP contribution in [-0.2, 0) is 4.79 Å². The van der Waals surface area contributed by atoms with Crippen LogP contribution in [-0.4, -0.2) is 31.3 Å². The van der Waals surface area contributed by atoms with E-state index in [0.717, 1.165) is 25.1 Å². The Bertz CT molecular complexity index is 450. The van der Waals surface area contributed by atoms with Gasteiger partial charge in [-0.05, 0) is 31.0 Å². The van der Waals surface area contributed by atoms with E-state index in [1.54, 1.807) is 7.11 Å². The fourth-order valence-electron chi connectivity index (χ4n) is 2.27. The predicted octanol–water partition coefficient (Wildman–Crippen LogP) is 2.65. The van der Waals surface area contributed by atoms with Gasteiger partial charge in [-0.2, -0.15) is 0 Å². The van der Waals surface area contributed by atoms with Crippen LogP contribution >= 0.6 is 11.6 Å². The number of carboxylic acids is 1. The molecule has 1 aromatic carbocycles. The van der Waals surface area contributed by atoms with Crippen molar-refractivity contribution in [2.24, 2.45) is 5.92 Å². The van der Waals surface area contributed by atoms with Crippen LogP contribution in [0.5, 0.6) is 5.75 Å². The summed E-state index contributed by atoms with van der Waals surface area (Å²) in [6.07, 6.45) is 1.64. The van der Waals surface area contributed by atoms with Gasteiger partial charge in [-0.1, -0.05) is 11.6 Å². The van der Waals surface area contributed by atoms with E-state index in [1.165, 1.54) is 0 Å². The van der Waals surface area contributed by atoms with E-state index in [2.05, 4.69) is 4.90 Å². The lowest BCUT2D eigenvalue weighted by atomic mass is 9.98. The highest BCUT2D eigenvalue weighted by Crippen LogP contribution is 2.31. The van der Waals surface area contributed by atoms with E-state index in [1.807, 2.05) is 18.2 Å². The molecule has 2 rings (SSSR count). The number of piperidine rings is 1. The third kappa shape index (κ3) is 2.70. The molecule has 18 heavy (non-hydrogen) atoms. The molecule has 0 saturated carbocycles. The summed E-state index contributed by atoms with van der Waals surface area (Å²) in [6, 6.07) is 5.54. The summed E-state index contributed by atoms with van der Waals surface area (Å²) in [6.45, 7) is 1.41. The highest BCUT2D eigenvalue weighted by molar-refractivity contribution is 6.32. The number of hydrogen-bond donors (Lipinski definition) is 1. The van der Waals surface area contributed by atoms with E-state index in [-0.39, 0.29) is 5.92 Å². The summed E-state index contributed by atoms with van der Waals surface area (Å²) in [5, 5.41) is 9.62. The number of ether oxygens (including phenoxy) is 1. The second-order valence-corrected chi connectivity index (χ2v) is 4.85. The Morgan fingerprint density at radius 2 is 2.33 bits per heavy atom. The number of nitrogens with zero attached hydrogens (tertiary/aromatic N) is 1. The van der Waals surface area contributed by atoms with Crippen LogP contribution < -0.4 is 9.64 Å². The Balaban J connectivity index is 2.16. The molecule has 1 fully saturated rings. The van der Waals surface area contributed by atoms with Gasteiger partial charge in [-0.3, -0.25) is 4.79 Å². The molecule has 1 saturated heterocycles. The quantitative estimate of drug-likeness (QED) is 0.917. The molecule has 98 valence electrons. The minimum absolute atomic E-state index is 0.292. The molecule has 1 heterocycles. The largest absolute Gasteiger partial charge is 0.495 e. The van der Waals surface area contributed by atoms with Crippen LogP contribution in [0.4, 0.5) is 5.69 Å². The number of benzene rings is 1. The van der Waals surface area contributed by atoms with Gasteiger partial charge < -0.3 is 14.7 Å². The fourth-order valence-corrected chi connectivity index (χ4v) is 2.52. The van der Waals surface area contributed by atoms with Gasteiger partial charge in [0.1, 0.15) is 5.75 Å². The third-order valence-corrected chi connectivity index (χ3v) is 3.57. The predicted molar refractivity (Wildman–Crippen MR) is 70.6 cm³/mol. The molecule has 0 amide bonds. The van der Waals surface area contributed by atoms with Crippen molar-refractivity contribution in [1.82, 2.24) is 0 Å². The monoisotopic (exact) mass is 269 g/mol. The minimum atomic E-state index is -0.723. The minimum Gasteiger partial charge on any atom is -0.495 e. The normalized spacial score (nSPS) is 19.7. The van der Waals surface area contributed by atoms with E-state index < -0.39 is 5.97 Å². The highest BCUT2D eigenvalue weighted by atomic mass is 35.5. The number of methoxy groups -OCH3 is 1. The second-order valence-electron chi connectivity index (χ2n) is 4.44. The molecule has 1 aliphatic rings. The number of hydrogen-bond acceptors (Lipinski definition) is 3. The SMILES string of the molecule is COc1ccc(N2CCCC(C(=O)O)C2)cc1Cl. The summed E-state index contributed by atoms with van der Waals surface area (Å²) < 4.78 is 5.10. The first-order valence-corrected chi connectivity index (χ1v) is 6.31. The van der Waals surface area contributed by atoms with Crippen molar-refractivity contribution < 1.29 is 14.6 Å². The molecule has 0 aromatic heterocycles. The van der Waals surface area contributed by atoms with Gasteiger partial charge in [-0.15, -0.1) is 0 Å². The molecule has 4 nitrogen and oxygen atoms in total. The molecule has 1 aromatic rings. The zero-order valence-electron chi connectivity index (χ0n) is 10.2. The van der Waals surface area contributed by atoms with Gasteiger partial charge in [0.2, 0.25) is 0 Å². The highest BCUT2D eigenvalue weighted by Gasteiger charge is 2.25. The Morgan fingerprint density at radius 3 is 2.94 bits per heavy atom. The fraction of sp³-hybridized carbons (Fsp3) is 0.462. The summed E-state index contributed by atoms with van der Waals surface area (Å²) in [5.74, 6) is -0.383. The maximum absolute atomic E-state index is 11.0. The molecular formula is C13H16ClNO3. The molecule has 1 atom stereocenters. The lowest BCUT2D eigenvalue weighted by Gasteiger charge is -2.32. The molecule has 5 heteroatoms. The second kappa shape index (κ2) is 5.48. The van der Waals surface area contributed by atoms with E-state index >= 15 is 0 Å². The summed E-state index contributed by atoms with van der Waals surface area (Å²) in [4.78, 5) is 13.1. The van der Waals surface area contributed by atoms with Gasteiger partial charge in [0.05, 0.1) is 18.1 Å². The first-order valence-electron chi connectivity index (χ1n) is 5.93. The third-order valence-electron chi connectivity index (χ3n) is 3.27. The molecular weight excluding hydrogens is 254 g/mol. The first-order chi connectivity index (χ1) is 8.61. The molecule has 0 bridgehead atoms. The van der Waals surface area contributed by atoms with Crippen LogP contribution in [0.3, 0.4) is 0 Å². The maximum Gasteiger partial charge on any atom is 0.308 e. The van der Waals surface area contributed by atoms with E-state index in [9.17, 15) is 4.79 Å². The number of halogens is 1. The van der Waals surface area contributed by atoms with Gasteiger partial charge in [0.25, 0.3) is 0 Å². The number of rotatable bonds is 3. The number of aliphatic carboxylic acids is 1. The van der Waals surface area contributed by atoms with Gasteiger partial charge >= 0.3 is 5.97 Å². The Labute approximate surface area is 111 Å². The standard InChI is InChI=1S/C13H16ClNO3/c1-18-12-5-4-10(7-11(12)14)15-6-2-3-9(8-15)13(16)17/h4-5,7,9H,2-3,6,8H2,1H3,(H,16,17).